The fraction of sp³-hybridized carbons (Fsp3) is 0.136. The van der Waals surface area contributed by atoms with E-state index in [1.807, 2.05) is 53.6 Å². The van der Waals surface area contributed by atoms with Crippen LogP contribution in [0.1, 0.15) is 25.0 Å². The number of pyridine rings is 1. The van der Waals surface area contributed by atoms with E-state index in [1.165, 1.54) is 5.56 Å². The third kappa shape index (κ3) is 2.61. The maximum absolute atomic E-state index is 6.13. The molecule has 0 spiro atoms. The second kappa shape index (κ2) is 6.26. The van der Waals surface area contributed by atoms with E-state index < -0.39 is 0 Å². The van der Waals surface area contributed by atoms with Crippen LogP contribution in [0.25, 0.3) is 16.5 Å². The van der Waals surface area contributed by atoms with Crippen molar-refractivity contribution in [3.63, 3.8) is 0 Å². The number of fused-ring (bicyclic) bond motifs is 3. The smallest absolute Gasteiger partial charge is 0.0769 e. The molecule has 2 aromatic heterocycles. The summed E-state index contributed by atoms with van der Waals surface area (Å²) in [5, 5.41) is 7.39. The van der Waals surface area contributed by atoms with Gasteiger partial charge >= 0.3 is 0 Å². The minimum Gasteiger partial charge on any atom is -0.264 e. The van der Waals surface area contributed by atoms with Crippen molar-refractivity contribution in [3.8, 4) is 5.69 Å². The lowest BCUT2D eigenvalue weighted by Gasteiger charge is -2.22. The van der Waals surface area contributed by atoms with Gasteiger partial charge in [0.25, 0.3) is 0 Å². The van der Waals surface area contributed by atoms with Crippen molar-refractivity contribution in [1.82, 2.24) is 14.8 Å². The van der Waals surface area contributed by atoms with Crippen LogP contribution in [0.4, 0.5) is 5.69 Å². The molecule has 5 rings (SSSR count). The first-order valence-corrected chi connectivity index (χ1v) is 10.1. The van der Waals surface area contributed by atoms with Crippen LogP contribution in [0, 0.1) is 0 Å². The Morgan fingerprint density at radius 3 is 2.75 bits per heavy atom. The maximum Gasteiger partial charge on any atom is 0.0769 e. The summed E-state index contributed by atoms with van der Waals surface area (Å²) < 4.78 is 2.89. The molecule has 3 heterocycles. The molecule has 4 aromatic rings. The highest BCUT2D eigenvalue weighted by atomic mass is 79.9. The van der Waals surface area contributed by atoms with Crippen molar-refractivity contribution in [2.75, 3.05) is 0 Å². The Kier molecular flexibility index (Phi) is 3.93. The van der Waals surface area contributed by atoms with Gasteiger partial charge in [0.05, 0.1) is 23.3 Å². The molecule has 0 bridgehead atoms. The van der Waals surface area contributed by atoms with Gasteiger partial charge in [-0.25, -0.2) is 4.68 Å². The summed E-state index contributed by atoms with van der Waals surface area (Å²) in [6, 6.07) is 11.8. The van der Waals surface area contributed by atoms with Gasteiger partial charge < -0.3 is 0 Å². The minimum absolute atomic E-state index is 0.246. The molecule has 1 aliphatic heterocycles. The zero-order valence-electron chi connectivity index (χ0n) is 15.3. The highest BCUT2D eigenvalue weighted by molar-refractivity contribution is 9.10. The van der Waals surface area contributed by atoms with E-state index in [2.05, 4.69) is 45.9 Å². The fourth-order valence-corrected chi connectivity index (χ4v) is 4.57. The monoisotopic (exact) mass is 450 g/mol. The summed E-state index contributed by atoms with van der Waals surface area (Å²) in [4.78, 5) is 9.35. The highest BCUT2D eigenvalue weighted by Crippen LogP contribution is 2.47. The molecule has 0 saturated carbocycles. The molecule has 138 valence electrons. The van der Waals surface area contributed by atoms with Crippen LogP contribution < -0.4 is 0 Å². The Hall–Kier alpha value is -2.50. The first-order valence-electron chi connectivity index (χ1n) is 8.92. The molecule has 2 aromatic carbocycles. The van der Waals surface area contributed by atoms with Crippen molar-refractivity contribution >= 4 is 49.7 Å². The van der Waals surface area contributed by atoms with Gasteiger partial charge in [-0.2, -0.15) is 5.10 Å². The molecule has 0 N–H and O–H groups in total. The number of hydrogen-bond donors (Lipinski definition) is 0. The van der Waals surface area contributed by atoms with Gasteiger partial charge in [-0.1, -0.05) is 47.4 Å². The van der Waals surface area contributed by atoms with E-state index in [1.54, 1.807) is 6.20 Å². The van der Waals surface area contributed by atoms with Crippen LogP contribution in [0.15, 0.2) is 70.7 Å². The van der Waals surface area contributed by atoms with Gasteiger partial charge in [-0.3, -0.25) is 9.98 Å². The maximum atomic E-state index is 6.13. The van der Waals surface area contributed by atoms with Gasteiger partial charge in [0.2, 0.25) is 0 Å². The van der Waals surface area contributed by atoms with Crippen LogP contribution in [0.5, 0.6) is 0 Å². The van der Waals surface area contributed by atoms with Gasteiger partial charge in [0, 0.05) is 49.8 Å². The average molecular weight is 452 g/mol. The normalized spacial score (nSPS) is 14.9. The molecule has 0 aliphatic carbocycles. The first kappa shape index (κ1) is 17.6. The Morgan fingerprint density at radius 1 is 1.07 bits per heavy atom. The Morgan fingerprint density at radius 2 is 1.93 bits per heavy atom. The lowest BCUT2D eigenvalue weighted by molar-refractivity contribution is 0.737. The zero-order valence-corrected chi connectivity index (χ0v) is 17.7. The average Bonchev–Trinajstić information content (AvgIpc) is 3.25. The Balaban J connectivity index is 1.66. The summed E-state index contributed by atoms with van der Waals surface area (Å²) in [7, 11) is 0. The summed E-state index contributed by atoms with van der Waals surface area (Å²) in [6.07, 6.45) is 7.56. The first-order chi connectivity index (χ1) is 13.4. The second-order valence-electron chi connectivity index (χ2n) is 7.41. The van der Waals surface area contributed by atoms with Gasteiger partial charge in [0.1, 0.15) is 0 Å². The predicted molar refractivity (Wildman–Crippen MR) is 117 cm³/mol. The molecule has 1 aliphatic rings. The fourth-order valence-electron chi connectivity index (χ4n) is 3.82. The summed E-state index contributed by atoms with van der Waals surface area (Å²) in [5.74, 6) is 0. The molecular weight excluding hydrogens is 436 g/mol. The number of rotatable bonds is 2. The van der Waals surface area contributed by atoms with E-state index in [0.29, 0.717) is 5.02 Å². The second-order valence-corrected chi connectivity index (χ2v) is 8.71. The molecule has 28 heavy (non-hydrogen) atoms. The molecule has 0 radical (unpaired) electrons. The van der Waals surface area contributed by atoms with Crippen molar-refractivity contribution in [2.24, 2.45) is 4.99 Å². The van der Waals surface area contributed by atoms with Crippen molar-refractivity contribution in [1.29, 1.82) is 0 Å². The number of aromatic nitrogens is 3. The van der Waals surface area contributed by atoms with E-state index in [9.17, 15) is 0 Å². The Labute approximate surface area is 176 Å². The van der Waals surface area contributed by atoms with Crippen LogP contribution in [-0.4, -0.2) is 20.5 Å². The summed E-state index contributed by atoms with van der Waals surface area (Å²) in [6.45, 7) is 4.39. The molecule has 4 nitrogen and oxygen atoms in total. The van der Waals surface area contributed by atoms with E-state index in [-0.39, 0.29) is 5.41 Å². The van der Waals surface area contributed by atoms with Gasteiger partial charge in [0.15, 0.2) is 0 Å². The highest BCUT2D eigenvalue weighted by Gasteiger charge is 2.37. The zero-order chi connectivity index (χ0) is 19.5. The van der Waals surface area contributed by atoms with E-state index in [0.717, 1.165) is 37.9 Å². The number of benzene rings is 2. The molecule has 0 unspecified atom stereocenters. The quantitative estimate of drug-likeness (QED) is 0.361. The standard InChI is InChI=1S/C22H16BrClN4/c1-22(2)18-9-19(23)16-6-7-25-11-17(16)20(18)27-21(22)13-10-26-28(12-13)15-5-3-4-14(24)8-15/h3-12H,1-2H3. The molecule has 0 amide bonds. The molecule has 0 saturated heterocycles. The summed E-state index contributed by atoms with van der Waals surface area (Å²) in [5.41, 5.74) is 4.84. The van der Waals surface area contributed by atoms with Crippen molar-refractivity contribution < 1.29 is 0 Å². The minimum atomic E-state index is -0.246. The molecule has 6 heteroatoms. The number of hydrogen-bond acceptors (Lipinski definition) is 3. The molecule has 0 fully saturated rings. The predicted octanol–water partition coefficient (Wildman–Crippen LogP) is 6.25. The van der Waals surface area contributed by atoms with Crippen molar-refractivity contribution in [2.45, 2.75) is 19.3 Å². The number of aliphatic imine (C=N–C) groups is 1. The van der Waals surface area contributed by atoms with Crippen molar-refractivity contribution in [3.05, 3.63) is 81.8 Å². The largest absolute Gasteiger partial charge is 0.264 e. The lowest BCUT2D eigenvalue weighted by atomic mass is 9.79. The topological polar surface area (TPSA) is 43.1 Å². The number of halogens is 2. The molecular formula is C22H16BrClN4. The SMILES string of the molecule is CC1(C)C(c2cnn(-c3cccc(Cl)c3)c2)=Nc2c1cc(Br)c1ccncc21. The van der Waals surface area contributed by atoms with Crippen LogP contribution in [-0.2, 0) is 5.41 Å². The summed E-state index contributed by atoms with van der Waals surface area (Å²) >= 11 is 9.84. The van der Waals surface area contributed by atoms with Crippen LogP contribution in [0.3, 0.4) is 0 Å². The number of nitrogens with zero attached hydrogens (tertiary/aromatic N) is 4. The van der Waals surface area contributed by atoms with Gasteiger partial charge in [-0.15, -0.1) is 0 Å². The van der Waals surface area contributed by atoms with E-state index in [4.69, 9.17) is 16.6 Å². The molecule has 0 atom stereocenters. The van der Waals surface area contributed by atoms with E-state index >= 15 is 0 Å². The third-order valence-electron chi connectivity index (χ3n) is 5.28. The lowest BCUT2D eigenvalue weighted by Crippen LogP contribution is -2.26. The van der Waals surface area contributed by atoms with Crippen LogP contribution >= 0.6 is 27.5 Å². The van der Waals surface area contributed by atoms with Gasteiger partial charge in [-0.05, 0) is 35.9 Å². The Bertz CT molecular complexity index is 1270. The van der Waals surface area contributed by atoms with Crippen LogP contribution in [0.2, 0.25) is 5.02 Å². The third-order valence-corrected chi connectivity index (χ3v) is 6.17.